The summed E-state index contributed by atoms with van der Waals surface area (Å²) in [5.41, 5.74) is 0.524. The molecule has 146 valence electrons. The molecule has 0 saturated heterocycles. The minimum Gasteiger partial charge on any atom is -0.343 e. The molecule has 2 aromatic carbocycles. The fourth-order valence-electron chi connectivity index (χ4n) is 3.03. The summed E-state index contributed by atoms with van der Waals surface area (Å²) in [6.07, 6.45) is 1.22. The fourth-order valence-corrected chi connectivity index (χ4v) is 3.84. The minimum atomic E-state index is -0.488. The van der Waals surface area contributed by atoms with Crippen LogP contribution >= 0.6 is 11.3 Å². The summed E-state index contributed by atoms with van der Waals surface area (Å²) in [5.74, 6) is -1.26. The highest BCUT2D eigenvalue weighted by molar-refractivity contribution is 7.10. The highest BCUT2D eigenvalue weighted by Crippen LogP contribution is 2.26. The van der Waals surface area contributed by atoms with Crippen LogP contribution in [0.5, 0.6) is 0 Å². The van der Waals surface area contributed by atoms with Crippen molar-refractivity contribution in [2.45, 2.75) is 12.6 Å². The first-order valence-electron chi connectivity index (χ1n) is 8.74. The standard InChI is InChI=1S/C21H15F2N3O2S/c22-14-5-3-13(4-6-14)20(18-2-1-9-29-18)25-19(27)11-26-12-24-17-10-15(23)7-8-16(17)21(26)28/h1-10,12,20H,11H2,(H,25,27). The fraction of sp³-hybridized carbons (Fsp3) is 0.0952. The van der Waals surface area contributed by atoms with Gasteiger partial charge in [-0.05, 0) is 41.3 Å². The van der Waals surface area contributed by atoms with Crippen molar-refractivity contribution < 1.29 is 13.6 Å². The molecule has 0 aliphatic heterocycles. The maximum Gasteiger partial charge on any atom is 0.261 e. The number of nitrogens with zero attached hydrogens (tertiary/aromatic N) is 2. The lowest BCUT2D eigenvalue weighted by Crippen LogP contribution is -2.35. The number of thiophene rings is 1. The van der Waals surface area contributed by atoms with Gasteiger partial charge in [0.25, 0.3) is 5.56 Å². The third-order valence-electron chi connectivity index (χ3n) is 4.44. The van der Waals surface area contributed by atoms with Gasteiger partial charge in [-0.1, -0.05) is 18.2 Å². The lowest BCUT2D eigenvalue weighted by Gasteiger charge is -2.18. The molecule has 0 radical (unpaired) electrons. The van der Waals surface area contributed by atoms with Crippen LogP contribution in [0.4, 0.5) is 8.78 Å². The van der Waals surface area contributed by atoms with E-state index in [4.69, 9.17) is 0 Å². The van der Waals surface area contributed by atoms with Crippen LogP contribution in [0.25, 0.3) is 10.9 Å². The monoisotopic (exact) mass is 411 g/mol. The Labute approximate surface area is 168 Å². The lowest BCUT2D eigenvalue weighted by atomic mass is 10.1. The molecule has 0 saturated carbocycles. The number of hydrogen-bond donors (Lipinski definition) is 1. The highest BCUT2D eigenvalue weighted by Gasteiger charge is 2.19. The van der Waals surface area contributed by atoms with E-state index in [9.17, 15) is 18.4 Å². The smallest absolute Gasteiger partial charge is 0.261 e. The van der Waals surface area contributed by atoms with Crippen LogP contribution in [0.1, 0.15) is 16.5 Å². The average Bonchev–Trinajstić information content (AvgIpc) is 3.24. The van der Waals surface area contributed by atoms with E-state index in [-0.39, 0.29) is 23.3 Å². The SMILES string of the molecule is O=C(Cn1cnc2cc(F)ccc2c1=O)NC(c1ccc(F)cc1)c1cccs1. The van der Waals surface area contributed by atoms with Crippen LogP contribution in [-0.2, 0) is 11.3 Å². The number of carbonyl (C=O) groups is 1. The molecule has 2 aromatic heterocycles. The van der Waals surface area contributed by atoms with E-state index in [0.29, 0.717) is 0 Å². The zero-order valence-electron chi connectivity index (χ0n) is 15.0. The molecule has 1 unspecified atom stereocenters. The highest BCUT2D eigenvalue weighted by atomic mass is 32.1. The Morgan fingerprint density at radius 1 is 1.10 bits per heavy atom. The van der Waals surface area contributed by atoms with Gasteiger partial charge in [0.2, 0.25) is 5.91 Å². The zero-order valence-corrected chi connectivity index (χ0v) is 15.8. The molecule has 0 fully saturated rings. The summed E-state index contributed by atoms with van der Waals surface area (Å²) in [7, 11) is 0. The van der Waals surface area contributed by atoms with E-state index < -0.39 is 23.3 Å². The summed E-state index contributed by atoms with van der Waals surface area (Å²) in [4.78, 5) is 30.2. The van der Waals surface area contributed by atoms with Crippen molar-refractivity contribution in [2.24, 2.45) is 0 Å². The van der Waals surface area contributed by atoms with Gasteiger partial charge >= 0.3 is 0 Å². The Hall–Kier alpha value is -3.39. The second-order valence-corrected chi connectivity index (χ2v) is 7.39. The van der Waals surface area contributed by atoms with Gasteiger partial charge in [-0.3, -0.25) is 14.2 Å². The molecule has 1 atom stereocenters. The second-order valence-electron chi connectivity index (χ2n) is 6.41. The normalized spacial score (nSPS) is 12.1. The van der Waals surface area contributed by atoms with Crippen molar-refractivity contribution in [1.29, 1.82) is 0 Å². The van der Waals surface area contributed by atoms with Gasteiger partial charge in [0.15, 0.2) is 0 Å². The zero-order chi connectivity index (χ0) is 20.4. The molecule has 1 amide bonds. The molecule has 4 rings (SSSR count). The van der Waals surface area contributed by atoms with Crippen molar-refractivity contribution >= 4 is 28.1 Å². The molecule has 0 aliphatic rings. The Kier molecular flexibility index (Phi) is 5.18. The molecule has 8 heteroatoms. The van der Waals surface area contributed by atoms with E-state index in [2.05, 4.69) is 10.3 Å². The number of carbonyl (C=O) groups excluding carboxylic acids is 1. The largest absolute Gasteiger partial charge is 0.343 e. The topological polar surface area (TPSA) is 64.0 Å². The molecule has 2 heterocycles. The van der Waals surface area contributed by atoms with E-state index in [1.54, 1.807) is 12.1 Å². The number of nitrogens with one attached hydrogen (secondary N) is 1. The molecule has 0 spiro atoms. The lowest BCUT2D eigenvalue weighted by molar-refractivity contribution is -0.122. The second kappa shape index (κ2) is 7.92. The van der Waals surface area contributed by atoms with Crippen LogP contribution in [-0.4, -0.2) is 15.5 Å². The number of aromatic nitrogens is 2. The van der Waals surface area contributed by atoms with Crippen molar-refractivity contribution in [2.75, 3.05) is 0 Å². The van der Waals surface area contributed by atoms with E-state index in [1.165, 1.54) is 52.6 Å². The number of rotatable bonds is 5. The predicted octanol–water partition coefficient (Wildman–Crippen LogP) is 3.64. The maximum absolute atomic E-state index is 13.3. The number of halogens is 2. The number of fused-ring (bicyclic) bond motifs is 1. The Morgan fingerprint density at radius 2 is 1.86 bits per heavy atom. The van der Waals surface area contributed by atoms with E-state index >= 15 is 0 Å². The predicted molar refractivity (Wildman–Crippen MR) is 107 cm³/mol. The molecule has 0 bridgehead atoms. The summed E-state index contributed by atoms with van der Waals surface area (Å²) < 4.78 is 27.8. The average molecular weight is 411 g/mol. The summed E-state index contributed by atoms with van der Waals surface area (Å²) in [6.45, 7) is -0.248. The molecular weight excluding hydrogens is 396 g/mol. The number of amides is 1. The summed E-state index contributed by atoms with van der Waals surface area (Å²) in [5, 5.41) is 5.00. The third-order valence-corrected chi connectivity index (χ3v) is 5.37. The van der Waals surface area contributed by atoms with Crippen LogP contribution in [0, 0.1) is 11.6 Å². The molecule has 1 N–H and O–H groups in total. The van der Waals surface area contributed by atoms with Crippen LogP contribution in [0.2, 0.25) is 0 Å². The molecule has 4 aromatic rings. The minimum absolute atomic E-state index is 0.231. The van der Waals surface area contributed by atoms with Gasteiger partial charge in [0, 0.05) is 10.9 Å². The van der Waals surface area contributed by atoms with Crippen molar-refractivity contribution in [3.63, 3.8) is 0 Å². The Morgan fingerprint density at radius 3 is 2.59 bits per heavy atom. The van der Waals surface area contributed by atoms with Gasteiger partial charge in [-0.25, -0.2) is 13.8 Å². The Bertz CT molecular complexity index is 1220. The first-order chi connectivity index (χ1) is 14.0. The van der Waals surface area contributed by atoms with Gasteiger partial charge in [0.1, 0.15) is 18.2 Å². The third kappa shape index (κ3) is 4.07. The van der Waals surface area contributed by atoms with Crippen molar-refractivity contribution in [3.05, 3.63) is 98.7 Å². The molecule has 5 nitrogen and oxygen atoms in total. The number of hydrogen-bond acceptors (Lipinski definition) is 4. The molecule has 29 heavy (non-hydrogen) atoms. The molecule has 0 aliphatic carbocycles. The van der Waals surface area contributed by atoms with Gasteiger partial charge in [-0.2, -0.15) is 0 Å². The van der Waals surface area contributed by atoms with Gasteiger partial charge < -0.3 is 5.32 Å². The van der Waals surface area contributed by atoms with E-state index in [1.807, 2.05) is 17.5 Å². The van der Waals surface area contributed by atoms with E-state index in [0.717, 1.165) is 10.4 Å². The van der Waals surface area contributed by atoms with Crippen LogP contribution in [0.3, 0.4) is 0 Å². The van der Waals surface area contributed by atoms with Crippen molar-refractivity contribution in [3.8, 4) is 0 Å². The summed E-state index contributed by atoms with van der Waals surface area (Å²) >= 11 is 1.46. The van der Waals surface area contributed by atoms with Gasteiger partial charge in [0.05, 0.1) is 23.3 Å². The molecular formula is C21H15F2N3O2S. The van der Waals surface area contributed by atoms with Crippen LogP contribution < -0.4 is 10.9 Å². The first-order valence-corrected chi connectivity index (χ1v) is 9.62. The van der Waals surface area contributed by atoms with Crippen LogP contribution in [0.15, 0.2) is 71.1 Å². The Balaban J connectivity index is 1.59. The quantitative estimate of drug-likeness (QED) is 0.545. The maximum atomic E-state index is 13.3. The summed E-state index contributed by atoms with van der Waals surface area (Å²) in [6, 6.07) is 12.8. The number of benzene rings is 2. The van der Waals surface area contributed by atoms with Crippen molar-refractivity contribution in [1.82, 2.24) is 14.9 Å². The van der Waals surface area contributed by atoms with Gasteiger partial charge in [-0.15, -0.1) is 11.3 Å². The first kappa shape index (κ1) is 18.9.